The summed E-state index contributed by atoms with van der Waals surface area (Å²) in [4.78, 5) is 16.1. The Labute approximate surface area is 199 Å². The van der Waals surface area contributed by atoms with Gasteiger partial charge in [-0.2, -0.15) is 0 Å². The molecule has 0 aliphatic carbocycles. The molecule has 7 heteroatoms. The number of carbonyl (C=O) groups is 1. The van der Waals surface area contributed by atoms with Crippen LogP contribution in [-0.2, 0) is 6.54 Å². The number of thioether (sulfide) groups is 1. The average molecular weight is 463 g/mol. The predicted molar refractivity (Wildman–Crippen MR) is 136 cm³/mol. The molecule has 1 atom stereocenters. The van der Waals surface area contributed by atoms with E-state index in [-0.39, 0.29) is 11.9 Å². The van der Waals surface area contributed by atoms with Gasteiger partial charge in [0.15, 0.2) is 0 Å². The van der Waals surface area contributed by atoms with E-state index < -0.39 is 0 Å². The van der Waals surface area contributed by atoms with Gasteiger partial charge in [-0.05, 0) is 66.3 Å². The minimum atomic E-state index is -0.130. The Morgan fingerprint density at radius 2 is 1.94 bits per heavy atom. The lowest BCUT2D eigenvalue weighted by atomic mass is 10.0. The topological polar surface area (TPSA) is 93.6 Å². The molecule has 1 aliphatic heterocycles. The molecule has 1 heterocycles. The second-order valence-corrected chi connectivity index (χ2v) is 8.92. The number of fused-ring (bicyclic) bond motifs is 1. The molecule has 0 saturated heterocycles. The molecular formula is C26H30N4O2S. The number of anilines is 3. The fourth-order valence-corrected chi connectivity index (χ4v) is 4.35. The van der Waals surface area contributed by atoms with Crippen LogP contribution < -0.4 is 26.4 Å². The third-order valence-electron chi connectivity index (χ3n) is 5.92. The largest absolute Gasteiger partial charge is 0.490 e. The first-order chi connectivity index (χ1) is 16.0. The second-order valence-electron chi connectivity index (χ2n) is 8.04. The van der Waals surface area contributed by atoms with Gasteiger partial charge in [-0.15, -0.1) is 11.8 Å². The minimum absolute atomic E-state index is 0.0689. The number of hydrogen-bond acceptors (Lipinski definition) is 6. The number of ether oxygens (including phenoxy) is 1. The minimum Gasteiger partial charge on any atom is -0.490 e. The Balaban J connectivity index is 1.49. The van der Waals surface area contributed by atoms with Crippen molar-refractivity contribution in [3.8, 4) is 5.75 Å². The van der Waals surface area contributed by atoms with E-state index in [1.807, 2.05) is 55.6 Å². The Morgan fingerprint density at radius 1 is 1.15 bits per heavy atom. The molecule has 0 fully saturated rings. The van der Waals surface area contributed by atoms with Gasteiger partial charge in [0.2, 0.25) is 0 Å². The summed E-state index contributed by atoms with van der Waals surface area (Å²) < 4.78 is 5.89. The first-order valence-corrected chi connectivity index (χ1v) is 12.3. The van der Waals surface area contributed by atoms with Crippen LogP contribution in [0.2, 0.25) is 0 Å². The lowest BCUT2D eigenvalue weighted by Gasteiger charge is -2.32. The van der Waals surface area contributed by atoms with Crippen LogP contribution in [0.5, 0.6) is 5.75 Å². The highest BCUT2D eigenvalue weighted by Crippen LogP contribution is 2.38. The average Bonchev–Trinajstić information content (AvgIpc) is 2.86. The van der Waals surface area contributed by atoms with Gasteiger partial charge in [-0.25, -0.2) is 0 Å². The molecule has 33 heavy (non-hydrogen) atoms. The van der Waals surface area contributed by atoms with Crippen molar-refractivity contribution < 1.29 is 9.53 Å². The van der Waals surface area contributed by atoms with Crippen LogP contribution in [0.25, 0.3) is 0 Å². The van der Waals surface area contributed by atoms with E-state index >= 15 is 0 Å². The molecular weight excluding hydrogens is 432 g/mol. The summed E-state index contributed by atoms with van der Waals surface area (Å²) in [5, 5.41) is 2.99. The number of amides is 1. The van der Waals surface area contributed by atoms with Crippen molar-refractivity contribution in [2.45, 2.75) is 30.8 Å². The zero-order valence-corrected chi connectivity index (χ0v) is 19.8. The first-order valence-electron chi connectivity index (χ1n) is 11.1. The van der Waals surface area contributed by atoms with E-state index in [0.29, 0.717) is 36.7 Å². The number of nitrogens with two attached hydrogens (primary N) is 2. The van der Waals surface area contributed by atoms with Crippen molar-refractivity contribution >= 4 is 34.7 Å². The number of nitrogens with zero attached hydrogens (tertiary/aromatic N) is 1. The second kappa shape index (κ2) is 10.2. The van der Waals surface area contributed by atoms with Crippen LogP contribution in [0, 0.1) is 0 Å². The zero-order chi connectivity index (χ0) is 23.4. The molecule has 4 rings (SSSR count). The highest BCUT2D eigenvalue weighted by atomic mass is 32.2. The Morgan fingerprint density at radius 3 is 2.64 bits per heavy atom. The van der Waals surface area contributed by atoms with E-state index in [4.69, 9.17) is 16.2 Å². The third-order valence-corrected chi connectivity index (χ3v) is 6.66. The zero-order valence-electron chi connectivity index (χ0n) is 19.0. The highest BCUT2D eigenvalue weighted by Gasteiger charge is 2.22. The SMILES string of the molecule is CCC(N)c1ccc(N2CCOc3cc(C(=O)NCc4ccc(SC)cc4)ccc32)cc1N. The fraction of sp³-hybridized carbons (Fsp3) is 0.269. The summed E-state index contributed by atoms with van der Waals surface area (Å²) in [6.45, 7) is 3.74. The Kier molecular flexibility index (Phi) is 7.11. The van der Waals surface area contributed by atoms with Gasteiger partial charge in [0.25, 0.3) is 5.91 Å². The molecule has 0 radical (unpaired) electrons. The third kappa shape index (κ3) is 5.10. The van der Waals surface area contributed by atoms with Gasteiger partial charge >= 0.3 is 0 Å². The molecule has 3 aromatic carbocycles. The van der Waals surface area contributed by atoms with Crippen LogP contribution in [0.15, 0.2) is 65.6 Å². The quantitative estimate of drug-likeness (QED) is 0.343. The van der Waals surface area contributed by atoms with Gasteiger partial charge in [-0.3, -0.25) is 4.79 Å². The highest BCUT2D eigenvalue weighted by molar-refractivity contribution is 7.98. The maximum atomic E-state index is 12.7. The number of benzene rings is 3. The molecule has 0 saturated carbocycles. The molecule has 1 aliphatic rings. The van der Waals surface area contributed by atoms with Crippen molar-refractivity contribution in [3.63, 3.8) is 0 Å². The number of carbonyl (C=O) groups excluding carboxylic acids is 1. The number of nitrogens with one attached hydrogen (secondary N) is 1. The van der Waals surface area contributed by atoms with Gasteiger partial charge in [0.05, 0.1) is 12.2 Å². The van der Waals surface area contributed by atoms with Crippen molar-refractivity contribution in [2.24, 2.45) is 5.73 Å². The van der Waals surface area contributed by atoms with Crippen LogP contribution >= 0.6 is 11.8 Å². The lowest BCUT2D eigenvalue weighted by Crippen LogP contribution is -2.29. The molecule has 1 unspecified atom stereocenters. The van der Waals surface area contributed by atoms with E-state index in [2.05, 4.69) is 22.3 Å². The Hall–Kier alpha value is -3.16. The molecule has 3 aromatic rings. The van der Waals surface area contributed by atoms with Gasteiger partial charge in [-0.1, -0.05) is 25.1 Å². The maximum Gasteiger partial charge on any atom is 0.251 e. The summed E-state index contributed by atoms with van der Waals surface area (Å²) >= 11 is 1.70. The van der Waals surface area contributed by atoms with Crippen LogP contribution in [-0.4, -0.2) is 25.3 Å². The molecule has 0 aromatic heterocycles. The van der Waals surface area contributed by atoms with Crippen molar-refractivity contribution in [1.29, 1.82) is 0 Å². The predicted octanol–water partition coefficient (Wildman–Crippen LogP) is 4.86. The molecule has 6 nitrogen and oxygen atoms in total. The molecule has 0 bridgehead atoms. The smallest absolute Gasteiger partial charge is 0.251 e. The molecule has 1 amide bonds. The van der Waals surface area contributed by atoms with E-state index in [1.165, 1.54) is 4.90 Å². The fourth-order valence-electron chi connectivity index (χ4n) is 3.94. The van der Waals surface area contributed by atoms with Crippen molar-refractivity contribution in [2.75, 3.05) is 30.0 Å². The van der Waals surface area contributed by atoms with Crippen molar-refractivity contribution in [3.05, 3.63) is 77.4 Å². The van der Waals surface area contributed by atoms with Gasteiger partial charge < -0.3 is 26.4 Å². The number of rotatable bonds is 7. The number of nitrogen functional groups attached to an aromatic ring is 1. The summed E-state index contributed by atoms with van der Waals surface area (Å²) in [6.07, 6.45) is 2.87. The van der Waals surface area contributed by atoms with Gasteiger partial charge in [0.1, 0.15) is 12.4 Å². The van der Waals surface area contributed by atoms with Gasteiger partial charge in [0, 0.05) is 34.4 Å². The standard InChI is InChI=1S/C26H30N4O2S/c1-3-22(27)21-10-7-19(15-23(21)28)30-12-13-32-25-14-18(6-11-24(25)30)26(31)29-16-17-4-8-20(33-2)9-5-17/h4-11,14-15,22H,3,12-13,16,27-28H2,1-2H3,(H,29,31). The lowest BCUT2D eigenvalue weighted by molar-refractivity contribution is 0.0950. The molecule has 5 N–H and O–H groups in total. The van der Waals surface area contributed by atoms with E-state index in [0.717, 1.165) is 28.9 Å². The number of hydrogen-bond donors (Lipinski definition) is 3. The van der Waals surface area contributed by atoms with E-state index in [1.54, 1.807) is 17.8 Å². The maximum absolute atomic E-state index is 12.7. The summed E-state index contributed by atoms with van der Waals surface area (Å²) in [6, 6.07) is 19.7. The van der Waals surface area contributed by atoms with Crippen molar-refractivity contribution in [1.82, 2.24) is 5.32 Å². The normalized spacial score (nSPS) is 13.7. The van der Waals surface area contributed by atoms with Crippen LogP contribution in [0.3, 0.4) is 0 Å². The Bertz CT molecular complexity index is 1130. The first kappa shape index (κ1) is 23.0. The summed E-state index contributed by atoms with van der Waals surface area (Å²) in [7, 11) is 0. The molecule has 172 valence electrons. The van der Waals surface area contributed by atoms with E-state index in [9.17, 15) is 4.79 Å². The summed E-state index contributed by atoms with van der Waals surface area (Å²) in [5.74, 6) is 0.556. The summed E-state index contributed by atoms with van der Waals surface area (Å²) in [5.41, 5.74) is 17.6. The van der Waals surface area contributed by atoms with Crippen LogP contribution in [0.1, 0.15) is 40.9 Å². The van der Waals surface area contributed by atoms with Crippen LogP contribution in [0.4, 0.5) is 17.1 Å². The monoisotopic (exact) mass is 462 g/mol. The molecule has 0 spiro atoms.